The maximum Gasteiger partial charge on any atom is 0.170 e. The van der Waals surface area contributed by atoms with Crippen molar-refractivity contribution in [2.24, 2.45) is 0 Å². The smallest absolute Gasteiger partial charge is 0.170 e. The zero-order valence-electron chi connectivity index (χ0n) is 9.60. The molecule has 1 aliphatic heterocycles. The Labute approximate surface area is 104 Å². The number of benzene rings is 2. The highest BCUT2D eigenvalue weighted by molar-refractivity contribution is 5.99. The van der Waals surface area contributed by atoms with E-state index in [1.54, 1.807) is 0 Å². The van der Waals surface area contributed by atoms with Crippen LogP contribution in [0.4, 0.5) is 4.39 Å². The van der Waals surface area contributed by atoms with Gasteiger partial charge in [-0.25, -0.2) is 4.39 Å². The highest BCUT2D eigenvalue weighted by Crippen LogP contribution is 2.35. The molecule has 2 aromatic rings. The first kappa shape index (κ1) is 11.0. The Hall–Kier alpha value is -2.16. The van der Waals surface area contributed by atoms with Crippen LogP contribution in [-0.2, 0) is 0 Å². The van der Waals surface area contributed by atoms with E-state index in [9.17, 15) is 9.18 Å². The highest BCUT2D eigenvalue weighted by atomic mass is 19.1. The van der Waals surface area contributed by atoms with Crippen molar-refractivity contribution in [3.05, 3.63) is 65.5 Å². The molecule has 3 rings (SSSR count). The predicted molar refractivity (Wildman–Crippen MR) is 65.2 cm³/mol. The Morgan fingerprint density at radius 1 is 1.11 bits per heavy atom. The van der Waals surface area contributed by atoms with Crippen molar-refractivity contribution in [3.8, 4) is 5.75 Å². The fourth-order valence-electron chi connectivity index (χ4n) is 2.15. The van der Waals surface area contributed by atoms with Crippen LogP contribution >= 0.6 is 0 Å². The van der Waals surface area contributed by atoms with Crippen LogP contribution in [0, 0.1) is 5.82 Å². The van der Waals surface area contributed by atoms with Crippen molar-refractivity contribution in [1.82, 2.24) is 0 Å². The van der Waals surface area contributed by atoms with Crippen molar-refractivity contribution < 1.29 is 13.9 Å². The SMILES string of the molecule is O=C1C[C@H](c2ccccc2)Oc2cc(F)ccc21. The van der Waals surface area contributed by atoms with Crippen LogP contribution in [0.5, 0.6) is 5.75 Å². The monoisotopic (exact) mass is 242 g/mol. The van der Waals surface area contributed by atoms with Crippen LogP contribution < -0.4 is 4.74 Å². The number of hydrogen-bond donors (Lipinski definition) is 0. The molecule has 2 aromatic carbocycles. The molecule has 3 heteroatoms. The van der Waals surface area contributed by atoms with Gasteiger partial charge in [0.15, 0.2) is 5.78 Å². The Bertz CT molecular complexity index is 593. The average Bonchev–Trinajstić information content (AvgIpc) is 2.39. The van der Waals surface area contributed by atoms with Crippen LogP contribution in [0.25, 0.3) is 0 Å². The average molecular weight is 242 g/mol. The Morgan fingerprint density at radius 3 is 2.67 bits per heavy atom. The van der Waals surface area contributed by atoms with Crippen molar-refractivity contribution in [2.75, 3.05) is 0 Å². The summed E-state index contributed by atoms with van der Waals surface area (Å²) in [5, 5.41) is 0. The van der Waals surface area contributed by atoms with Crippen molar-refractivity contribution in [1.29, 1.82) is 0 Å². The molecule has 0 radical (unpaired) electrons. The Kier molecular flexibility index (Phi) is 2.59. The lowest BCUT2D eigenvalue weighted by molar-refractivity contribution is 0.0849. The molecule has 0 fully saturated rings. The Balaban J connectivity index is 1.98. The normalized spacial score (nSPS) is 18.1. The van der Waals surface area contributed by atoms with E-state index in [0.29, 0.717) is 17.7 Å². The molecule has 1 atom stereocenters. The van der Waals surface area contributed by atoms with Gasteiger partial charge in [0.25, 0.3) is 0 Å². The number of ether oxygens (including phenoxy) is 1. The van der Waals surface area contributed by atoms with Gasteiger partial charge in [0.05, 0.1) is 12.0 Å². The molecular formula is C15H11FO2. The zero-order valence-corrected chi connectivity index (χ0v) is 9.60. The molecule has 0 N–H and O–H groups in total. The number of rotatable bonds is 1. The van der Waals surface area contributed by atoms with Gasteiger partial charge in [0.2, 0.25) is 0 Å². The summed E-state index contributed by atoms with van der Waals surface area (Å²) in [6, 6.07) is 13.5. The number of fused-ring (bicyclic) bond motifs is 1. The molecule has 0 aliphatic carbocycles. The third-order valence-corrected chi connectivity index (χ3v) is 3.06. The topological polar surface area (TPSA) is 26.3 Å². The molecule has 0 spiro atoms. The van der Waals surface area contributed by atoms with E-state index >= 15 is 0 Å². The van der Waals surface area contributed by atoms with E-state index in [-0.39, 0.29) is 11.9 Å². The molecular weight excluding hydrogens is 231 g/mol. The largest absolute Gasteiger partial charge is 0.484 e. The minimum absolute atomic E-state index is 0.00916. The fraction of sp³-hybridized carbons (Fsp3) is 0.133. The van der Waals surface area contributed by atoms with Gasteiger partial charge in [-0.3, -0.25) is 4.79 Å². The fourth-order valence-corrected chi connectivity index (χ4v) is 2.15. The summed E-state index contributed by atoms with van der Waals surface area (Å²) in [4.78, 5) is 12.0. The van der Waals surface area contributed by atoms with E-state index in [4.69, 9.17) is 4.74 Å². The predicted octanol–water partition coefficient (Wildman–Crippen LogP) is 3.53. The molecule has 0 bridgehead atoms. The molecule has 2 nitrogen and oxygen atoms in total. The minimum Gasteiger partial charge on any atom is -0.484 e. The van der Waals surface area contributed by atoms with Crippen molar-refractivity contribution >= 4 is 5.78 Å². The molecule has 1 aliphatic rings. The maximum absolute atomic E-state index is 13.2. The third kappa shape index (κ3) is 1.88. The molecule has 0 aromatic heterocycles. The quantitative estimate of drug-likeness (QED) is 0.764. The second-order valence-electron chi connectivity index (χ2n) is 4.28. The van der Waals surface area contributed by atoms with Crippen molar-refractivity contribution in [3.63, 3.8) is 0 Å². The van der Waals surface area contributed by atoms with Gasteiger partial charge in [0, 0.05) is 6.07 Å². The van der Waals surface area contributed by atoms with Crippen molar-refractivity contribution in [2.45, 2.75) is 12.5 Å². The van der Waals surface area contributed by atoms with Crippen LogP contribution in [0.15, 0.2) is 48.5 Å². The third-order valence-electron chi connectivity index (χ3n) is 3.06. The lowest BCUT2D eigenvalue weighted by Crippen LogP contribution is -2.20. The summed E-state index contributed by atoms with van der Waals surface area (Å²) in [7, 11) is 0. The lowest BCUT2D eigenvalue weighted by Gasteiger charge is -2.25. The first-order valence-electron chi connectivity index (χ1n) is 5.78. The second-order valence-corrected chi connectivity index (χ2v) is 4.28. The summed E-state index contributed by atoms with van der Waals surface area (Å²) >= 11 is 0. The minimum atomic E-state index is -0.393. The van der Waals surface area contributed by atoms with Gasteiger partial charge in [-0.05, 0) is 17.7 Å². The van der Waals surface area contributed by atoms with Crippen LogP contribution in [0.1, 0.15) is 28.4 Å². The van der Waals surface area contributed by atoms with Gasteiger partial charge in [-0.15, -0.1) is 0 Å². The molecule has 0 saturated carbocycles. The number of halogens is 1. The second kappa shape index (κ2) is 4.26. The highest BCUT2D eigenvalue weighted by Gasteiger charge is 2.27. The Morgan fingerprint density at radius 2 is 1.89 bits per heavy atom. The van der Waals surface area contributed by atoms with Crippen LogP contribution in [0.2, 0.25) is 0 Å². The van der Waals surface area contributed by atoms with E-state index < -0.39 is 5.82 Å². The van der Waals surface area contributed by atoms with E-state index in [1.807, 2.05) is 30.3 Å². The number of carbonyl (C=O) groups excluding carboxylic acids is 1. The molecule has 1 heterocycles. The summed E-state index contributed by atoms with van der Waals surface area (Å²) in [6.07, 6.45) is -0.0316. The molecule has 0 amide bonds. The molecule has 18 heavy (non-hydrogen) atoms. The summed E-state index contributed by atoms with van der Waals surface area (Å²) in [5.41, 5.74) is 1.39. The van der Waals surface area contributed by atoms with Gasteiger partial charge < -0.3 is 4.74 Å². The van der Waals surface area contributed by atoms with E-state index in [0.717, 1.165) is 5.56 Å². The van der Waals surface area contributed by atoms with Gasteiger partial charge in [-0.1, -0.05) is 30.3 Å². The zero-order chi connectivity index (χ0) is 12.5. The summed E-state index contributed by atoms with van der Waals surface area (Å²) in [5.74, 6) is -0.0690. The van der Waals surface area contributed by atoms with Gasteiger partial charge in [0.1, 0.15) is 17.7 Å². The first-order chi connectivity index (χ1) is 8.74. The molecule has 90 valence electrons. The molecule has 0 saturated heterocycles. The number of Topliss-reactive ketones (excluding diaryl/α,β-unsaturated/α-hetero) is 1. The van der Waals surface area contributed by atoms with Crippen LogP contribution in [0.3, 0.4) is 0 Å². The molecule has 0 unspecified atom stereocenters. The van der Waals surface area contributed by atoms with Gasteiger partial charge >= 0.3 is 0 Å². The number of ketones is 1. The number of hydrogen-bond acceptors (Lipinski definition) is 2. The van der Waals surface area contributed by atoms with Crippen LogP contribution in [-0.4, -0.2) is 5.78 Å². The lowest BCUT2D eigenvalue weighted by atomic mass is 9.96. The van der Waals surface area contributed by atoms with E-state index in [2.05, 4.69) is 0 Å². The number of carbonyl (C=O) groups is 1. The standard InChI is InChI=1S/C15H11FO2/c16-11-6-7-12-13(17)9-14(18-15(12)8-11)10-4-2-1-3-5-10/h1-8,14H,9H2/t14-/m1/s1. The summed E-state index contributed by atoms with van der Waals surface area (Å²) < 4.78 is 18.9. The summed E-state index contributed by atoms with van der Waals surface area (Å²) in [6.45, 7) is 0. The van der Waals surface area contributed by atoms with E-state index in [1.165, 1.54) is 18.2 Å². The maximum atomic E-state index is 13.2. The van der Waals surface area contributed by atoms with Gasteiger partial charge in [-0.2, -0.15) is 0 Å². The first-order valence-corrected chi connectivity index (χ1v) is 5.78.